The van der Waals surface area contributed by atoms with E-state index in [9.17, 15) is 5.11 Å². The predicted octanol–water partition coefficient (Wildman–Crippen LogP) is 1.91. The molecule has 0 aliphatic heterocycles. The van der Waals surface area contributed by atoms with Crippen LogP contribution in [0.1, 0.15) is 38.5 Å². The third-order valence-electron chi connectivity index (χ3n) is 3.98. The molecule has 0 saturated heterocycles. The Hall–Kier alpha value is -0.160. The quantitative estimate of drug-likeness (QED) is 0.584. The summed E-state index contributed by atoms with van der Waals surface area (Å²) in [5.74, 6) is 0.748. The summed E-state index contributed by atoms with van der Waals surface area (Å²) in [6.45, 7) is 4.13. The van der Waals surface area contributed by atoms with Crippen LogP contribution in [0.15, 0.2) is 0 Å². The standard InChI is InChI=1S/C15H31NO3/c1-18-10-5-8-16(9-11-19-2)13-15(17)12-14-6-3-4-7-14/h14-15,17H,3-13H2,1-2H3. The highest BCUT2D eigenvalue weighted by Crippen LogP contribution is 2.28. The van der Waals surface area contributed by atoms with Gasteiger partial charge in [0.1, 0.15) is 0 Å². The van der Waals surface area contributed by atoms with Crippen LogP contribution in [0.5, 0.6) is 0 Å². The number of rotatable bonds is 11. The van der Waals surface area contributed by atoms with Crippen LogP contribution in [0.25, 0.3) is 0 Å². The second-order valence-corrected chi connectivity index (χ2v) is 5.68. The van der Waals surface area contributed by atoms with Crippen LogP contribution in [0.4, 0.5) is 0 Å². The van der Waals surface area contributed by atoms with Crippen LogP contribution in [0.2, 0.25) is 0 Å². The van der Waals surface area contributed by atoms with Crippen LogP contribution in [-0.4, -0.2) is 63.2 Å². The molecule has 1 aliphatic rings. The number of aliphatic hydroxyl groups excluding tert-OH is 1. The minimum absolute atomic E-state index is 0.192. The van der Waals surface area contributed by atoms with Crippen molar-refractivity contribution >= 4 is 0 Å². The molecule has 1 atom stereocenters. The van der Waals surface area contributed by atoms with Crippen molar-refractivity contribution < 1.29 is 14.6 Å². The smallest absolute Gasteiger partial charge is 0.0669 e. The molecule has 0 heterocycles. The van der Waals surface area contributed by atoms with E-state index >= 15 is 0 Å². The lowest BCUT2D eigenvalue weighted by Crippen LogP contribution is -2.36. The van der Waals surface area contributed by atoms with Gasteiger partial charge < -0.3 is 14.6 Å². The van der Waals surface area contributed by atoms with Gasteiger partial charge in [-0.3, -0.25) is 4.90 Å². The van der Waals surface area contributed by atoms with E-state index in [1.807, 2.05) is 0 Å². The molecule has 0 amide bonds. The molecule has 0 bridgehead atoms. The molecule has 4 nitrogen and oxygen atoms in total. The van der Waals surface area contributed by atoms with E-state index < -0.39 is 0 Å². The van der Waals surface area contributed by atoms with E-state index in [4.69, 9.17) is 9.47 Å². The second-order valence-electron chi connectivity index (χ2n) is 5.68. The van der Waals surface area contributed by atoms with E-state index in [0.29, 0.717) is 0 Å². The lowest BCUT2D eigenvalue weighted by molar-refractivity contribution is 0.0690. The summed E-state index contributed by atoms with van der Waals surface area (Å²) >= 11 is 0. The molecule has 0 radical (unpaired) electrons. The zero-order valence-corrected chi connectivity index (χ0v) is 12.6. The molecule has 0 spiro atoms. The Bertz CT molecular complexity index is 208. The lowest BCUT2D eigenvalue weighted by Gasteiger charge is -2.26. The first-order valence-electron chi connectivity index (χ1n) is 7.64. The highest BCUT2D eigenvalue weighted by Gasteiger charge is 2.20. The number of methoxy groups -OCH3 is 2. The molecular formula is C15H31NO3. The SMILES string of the molecule is COCCCN(CCOC)CC(O)CC1CCCC1. The van der Waals surface area contributed by atoms with Crippen molar-refractivity contribution in [2.24, 2.45) is 5.92 Å². The van der Waals surface area contributed by atoms with Crippen LogP contribution in [0, 0.1) is 5.92 Å². The van der Waals surface area contributed by atoms with Gasteiger partial charge in [0.25, 0.3) is 0 Å². The molecule has 0 aromatic rings. The third kappa shape index (κ3) is 7.88. The number of hydrogen-bond acceptors (Lipinski definition) is 4. The molecule has 0 aromatic carbocycles. The fourth-order valence-corrected chi connectivity index (χ4v) is 2.95. The fourth-order valence-electron chi connectivity index (χ4n) is 2.95. The topological polar surface area (TPSA) is 41.9 Å². The molecule has 114 valence electrons. The summed E-state index contributed by atoms with van der Waals surface area (Å²) in [5.41, 5.74) is 0. The van der Waals surface area contributed by atoms with Crippen molar-refractivity contribution in [3.63, 3.8) is 0 Å². The molecule has 4 heteroatoms. The maximum atomic E-state index is 10.2. The van der Waals surface area contributed by atoms with Crippen molar-refractivity contribution in [1.82, 2.24) is 4.90 Å². The fraction of sp³-hybridized carbons (Fsp3) is 1.00. The van der Waals surface area contributed by atoms with Crippen molar-refractivity contribution in [2.75, 3.05) is 47.1 Å². The van der Waals surface area contributed by atoms with Crippen LogP contribution >= 0.6 is 0 Å². The van der Waals surface area contributed by atoms with Gasteiger partial charge in [-0.1, -0.05) is 25.7 Å². The number of hydrogen-bond donors (Lipinski definition) is 1. The van der Waals surface area contributed by atoms with E-state index in [-0.39, 0.29) is 6.10 Å². The maximum Gasteiger partial charge on any atom is 0.0669 e. The van der Waals surface area contributed by atoms with Gasteiger partial charge in [0.15, 0.2) is 0 Å². The summed E-state index contributed by atoms with van der Waals surface area (Å²) in [7, 11) is 3.46. The van der Waals surface area contributed by atoms with Gasteiger partial charge in [-0.25, -0.2) is 0 Å². The van der Waals surface area contributed by atoms with Crippen molar-refractivity contribution in [2.45, 2.75) is 44.6 Å². The van der Waals surface area contributed by atoms with Gasteiger partial charge >= 0.3 is 0 Å². The lowest BCUT2D eigenvalue weighted by atomic mass is 10.00. The molecule has 1 fully saturated rings. The highest BCUT2D eigenvalue weighted by atomic mass is 16.5. The van der Waals surface area contributed by atoms with E-state index in [0.717, 1.165) is 51.6 Å². The van der Waals surface area contributed by atoms with Gasteiger partial charge in [-0.2, -0.15) is 0 Å². The maximum absolute atomic E-state index is 10.2. The van der Waals surface area contributed by atoms with Gasteiger partial charge in [0.05, 0.1) is 12.7 Å². The van der Waals surface area contributed by atoms with Gasteiger partial charge in [-0.15, -0.1) is 0 Å². The normalized spacial score (nSPS) is 18.3. The predicted molar refractivity (Wildman–Crippen MR) is 77.4 cm³/mol. The summed E-state index contributed by atoms with van der Waals surface area (Å²) in [4.78, 5) is 2.29. The average Bonchev–Trinajstić information content (AvgIpc) is 2.88. The highest BCUT2D eigenvalue weighted by molar-refractivity contribution is 4.73. The Labute approximate surface area is 118 Å². The Morgan fingerprint density at radius 1 is 1.11 bits per heavy atom. The van der Waals surface area contributed by atoms with Crippen molar-refractivity contribution in [3.05, 3.63) is 0 Å². The van der Waals surface area contributed by atoms with E-state index in [1.54, 1.807) is 14.2 Å². The number of aliphatic hydroxyl groups is 1. The summed E-state index contributed by atoms with van der Waals surface area (Å²) in [5, 5.41) is 10.2. The molecule has 19 heavy (non-hydrogen) atoms. The minimum Gasteiger partial charge on any atom is -0.392 e. The van der Waals surface area contributed by atoms with Crippen molar-refractivity contribution in [3.8, 4) is 0 Å². The largest absolute Gasteiger partial charge is 0.392 e. The first-order chi connectivity index (χ1) is 9.26. The summed E-state index contributed by atoms with van der Waals surface area (Å²) < 4.78 is 10.2. The summed E-state index contributed by atoms with van der Waals surface area (Å²) in [6, 6.07) is 0. The molecule has 1 N–H and O–H groups in total. The first-order valence-corrected chi connectivity index (χ1v) is 7.64. The Morgan fingerprint density at radius 2 is 1.79 bits per heavy atom. The zero-order chi connectivity index (χ0) is 13.9. The van der Waals surface area contributed by atoms with Gasteiger partial charge in [0.2, 0.25) is 0 Å². The molecular weight excluding hydrogens is 242 g/mol. The van der Waals surface area contributed by atoms with E-state index in [2.05, 4.69) is 4.90 Å². The minimum atomic E-state index is -0.192. The molecule has 1 unspecified atom stereocenters. The Morgan fingerprint density at radius 3 is 2.42 bits per heavy atom. The molecule has 1 aliphatic carbocycles. The second kappa shape index (κ2) is 10.6. The Balaban J connectivity index is 2.23. The van der Waals surface area contributed by atoms with Gasteiger partial charge in [-0.05, 0) is 18.8 Å². The van der Waals surface area contributed by atoms with Crippen molar-refractivity contribution in [1.29, 1.82) is 0 Å². The molecule has 0 aromatic heterocycles. The van der Waals surface area contributed by atoms with Crippen LogP contribution < -0.4 is 0 Å². The Kier molecular flexibility index (Phi) is 9.43. The van der Waals surface area contributed by atoms with Crippen LogP contribution in [-0.2, 0) is 9.47 Å². The van der Waals surface area contributed by atoms with Crippen LogP contribution in [0.3, 0.4) is 0 Å². The van der Waals surface area contributed by atoms with E-state index in [1.165, 1.54) is 25.7 Å². The zero-order valence-electron chi connectivity index (χ0n) is 12.6. The summed E-state index contributed by atoms with van der Waals surface area (Å²) in [6.07, 6.45) is 7.08. The molecule has 1 rings (SSSR count). The molecule has 1 saturated carbocycles. The number of nitrogens with zero attached hydrogens (tertiary/aromatic N) is 1. The third-order valence-corrected chi connectivity index (χ3v) is 3.98. The first kappa shape index (κ1) is 16.9. The van der Waals surface area contributed by atoms with Gasteiger partial charge in [0, 0.05) is 40.5 Å². The average molecular weight is 273 g/mol. The monoisotopic (exact) mass is 273 g/mol. The number of ether oxygens (including phenoxy) is 2.